The number of carbonyl (C=O) groups excluding carboxylic acids is 2. The molecule has 8 heteroatoms. The van der Waals surface area contributed by atoms with Crippen molar-refractivity contribution in [1.29, 1.82) is 0 Å². The van der Waals surface area contributed by atoms with Gasteiger partial charge in [0.25, 0.3) is 5.91 Å². The molecule has 8 nitrogen and oxygen atoms in total. The summed E-state index contributed by atoms with van der Waals surface area (Å²) in [6.45, 7) is -0.229. The molecule has 120 valence electrons. The van der Waals surface area contributed by atoms with Crippen molar-refractivity contribution in [1.82, 2.24) is 10.6 Å². The lowest BCUT2D eigenvalue weighted by Gasteiger charge is -2.10. The molecule has 0 saturated heterocycles. The standard InChI is InChI=1S/C14H18N2O6/c1-21-10-4-3-9(7-11(10)22-2)14(20)16-8-12(17)15-6-5-13(18)19/h3-4,7H,5-6,8H2,1-2H3,(H,15,17)(H,16,20)(H,18,19). The number of carboxylic acids is 1. The zero-order valence-corrected chi connectivity index (χ0v) is 12.3. The van der Waals surface area contributed by atoms with Crippen LogP contribution in [0.1, 0.15) is 16.8 Å². The number of amides is 2. The van der Waals surface area contributed by atoms with Crippen LogP contribution >= 0.6 is 0 Å². The molecular formula is C14H18N2O6. The largest absolute Gasteiger partial charge is 0.493 e. The molecule has 0 radical (unpaired) electrons. The third-order valence-corrected chi connectivity index (χ3v) is 2.72. The normalized spacial score (nSPS) is 9.73. The van der Waals surface area contributed by atoms with Gasteiger partial charge in [0.2, 0.25) is 5.91 Å². The Labute approximate surface area is 127 Å². The van der Waals surface area contributed by atoms with Crippen LogP contribution in [0, 0.1) is 0 Å². The molecule has 0 atom stereocenters. The summed E-state index contributed by atoms with van der Waals surface area (Å²) >= 11 is 0. The second-order valence-electron chi connectivity index (χ2n) is 4.25. The van der Waals surface area contributed by atoms with Crippen LogP contribution in [0.25, 0.3) is 0 Å². The molecule has 22 heavy (non-hydrogen) atoms. The Morgan fingerprint density at radius 3 is 2.36 bits per heavy atom. The van der Waals surface area contributed by atoms with Crippen LogP contribution in [-0.2, 0) is 9.59 Å². The molecule has 0 aromatic heterocycles. The minimum absolute atomic E-state index is 0.0143. The smallest absolute Gasteiger partial charge is 0.305 e. The quantitative estimate of drug-likeness (QED) is 0.624. The molecule has 1 rings (SSSR count). The van der Waals surface area contributed by atoms with E-state index in [0.29, 0.717) is 17.1 Å². The molecule has 3 N–H and O–H groups in total. The van der Waals surface area contributed by atoms with Crippen molar-refractivity contribution in [3.8, 4) is 11.5 Å². The van der Waals surface area contributed by atoms with Crippen LogP contribution in [-0.4, -0.2) is 50.2 Å². The molecule has 1 aromatic carbocycles. The first-order chi connectivity index (χ1) is 10.5. The number of nitrogens with one attached hydrogen (secondary N) is 2. The fraction of sp³-hybridized carbons (Fsp3) is 0.357. The number of carbonyl (C=O) groups is 3. The first-order valence-corrected chi connectivity index (χ1v) is 6.46. The molecule has 0 bridgehead atoms. The molecule has 0 heterocycles. The fourth-order valence-electron chi connectivity index (χ4n) is 1.61. The highest BCUT2D eigenvalue weighted by Gasteiger charge is 2.11. The number of ether oxygens (including phenoxy) is 2. The monoisotopic (exact) mass is 310 g/mol. The van der Waals surface area contributed by atoms with Crippen molar-refractivity contribution in [2.75, 3.05) is 27.3 Å². The second kappa shape index (κ2) is 8.50. The average molecular weight is 310 g/mol. The molecule has 2 amide bonds. The van der Waals surface area contributed by atoms with Gasteiger partial charge in [-0.1, -0.05) is 0 Å². The minimum atomic E-state index is -1.00. The van der Waals surface area contributed by atoms with Gasteiger partial charge in [-0.2, -0.15) is 0 Å². The number of benzene rings is 1. The van der Waals surface area contributed by atoms with Crippen LogP contribution < -0.4 is 20.1 Å². The van der Waals surface area contributed by atoms with E-state index in [4.69, 9.17) is 14.6 Å². The number of hydrogen-bond donors (Lipinski definition) is 3. The molecule has 0 aliphatic carbocycles. The van der Waals surface area contributed by atoms with E-state index in [-0.39, 0.29) is 19.5 Å². The molecule has 0 spiro atoms. The van der Waals surface area contributed by atoms with E-state index >= 15 is 0 Å². The minimum Gasteiger partial charge on any atom is -0.493 e. The maximum Gasteiger partial charge on any atom is 0.305 e. The third kappa shape index (κ3) is 5.31. The lowest BCUT2D eigenvalue weighted by atomic mass is 10.2. The predicted molar refractivity (Wildman–Crippen MR) is 77.1 cm³/mol. The maximum absolute atomic E-state index is 11.9. The average Bonchev–Trinajstić information content (AvgIpc) is 2.51. The van der Waals surface area contributed by atoms with E-state index in [2.05, 4.69) is 10.6 Å². The topological polar surface area (TPSA) is 114 Å². The van der Waals surface area contributed by atoms with Crippen molar-refractivity contribution in [2.24, 2.45) is 0 Å². The fourth-order valence-corrected chi connectivity index (χ4v) is 1.61. The lowest BCUT2D eigenvalue weighted by molar-refractivity contribution is -0.136. The van der Waals surface area contributed by atoms with Crippen LogP contribution in [0.3, 0.4) is 0 Å². The maximum atomic E-state index is 11.9. The Bertz CT molecular complexity index is 558. The van der Waals surface area contributed by atoms with Gasteiger partial charge in [-0.05, 0) is 18.2 Å². The van der Waals surface area contributed by atoms with Crippen LogP contribution in [0.15, 0.2) is 18.2 Å². The van der Waals surface area contributed by atoms with Crippen LogP contribution in [0.5, 0.6) is 11.5 Å². The Balaban J connectivity index is 2.51. The van der Waals surface area contributed by atoms with Crippen LogP contribution in [0.2, 0.25) is 0 Å². The van der Waals surface area contributed by atoms with Crippen LogP contribution in [0.4, 0.5) is 0 Å². The van der Waals surface area contributed by atoms with Gasteiger partial charge in [-0.25, -0.2) is 0 Å². The third-order valence-electron chi connectivity index (χ3n) is 2.72. The van der Waals surface area contributed by atoms with Gasteiger partial charge in [0.1, 0.15) is 0 Å². The predicted octanol–water partition coefficient (Wildman–Crippen LogP) is 0.0245. The summed E-state index contributed by atoms with van der Waals surface area (Å²) < 4.78 is 10.2. The van der Waals surface area contributed by atoms with Gasteiger partial charge < -0.3 is 25.2 Å². The SMILES string of the molecule is COc1ccc(C(=O)NCC(=O)NCCC(=O)O)cc1OC. The van der Waals surface area contributed by atoms with Gasteiger partial charge in [0, 0.05) is 12.1 Å². The van der Waals surface area contributed by atoms with E-state index in [9.17, 15) is 14.4 Å². The van der Waals surface area contributed by atoms with Gasteiger partial charge in [-0.15, -0.1) is 0 Å². The van der Waals surface area contributed by atoms with Crippen molar-refractivity contribution in [2.45, 2.75) is 6.42 Å². The summed E-state index contributed by atoms with van der Waals surface area (Å²) in [7, 11) is 2.94. The van der Waals surface area contributed by atoms with Crippen molar-refractivity contribution < 1.29 is 29.0 Å². The van der Waals surface area contributed by atoms with E-state index in [0.717, 1.165) is 0 Å². The summed E-state index contributed by atoms with van der Waals surface area (Å²) in [5.74, 6) is -1.02. The summed E-state index contributed by atoms with van der Waals surface area (Å²) in [5.41, 5.74) is 0.316. The summed E-state index contributed by atoms with van der Waals surface area (Å²) in [4.78, 5) is 33.6. The first kappa shape index (κ1) is 17.3. The number of methoxy groups -OCH3 is 2. The van der Waals surface area contributed by atoms with Gasteiger partial charge in [0.15, 0.2) is 11.5 Å². The highest BCUT2D eigenvalue weighted by Crippen LogP contribution is 2.27. The molecular weight excluding hydrogens is 292 g/mol. The summed E-state index contributed by atoms with van der Waals surface area (Å²) in [5, 5.41) is 13.3. The number of aliphatic carboxylic acids is 1. The highest BCUT2D eigenvalue weighted by atomic mass is 16.5. The lowest BCUT2D eigenvalue weighted by Crippen LogP contribution is -2.37. The Morgan fingerprint density at radius 2 is 1.77 bits per heavy atom. The van der Waals surface area contributed by atoms with Crippen molar-refractivity contribution in [3.63, 3.8) is 0 Å². The Hall–Kier alpha value is -2.77. The Kier molecular flexibility index (Phi) is 6.68. The molecule has 0 aliphatic rings. The zero-order valence-electron chi connectivity index (χ0n) is 12.3. The van der Waals surface area contributed by atoms with E-state index in [1.54, 1.807) is 12.1 Å². The van der Waals surface area contributed by atoms with E-state index < -0.39 is 17.8 Å². The second-order valence-corrected chi connectivity index (χ2v) is 4.25. The van der Waals surface area contributed by atoms with E-state index in [1.165, 1.54) is 20.3 Å². The number of carboxylic acid groups (broad SMARTS) is 1. The zero-order chi connectivity index (χ0) is 16.5. The van der Waals surface area contributed by atoms with Crippen molar-refractivity contribution >= 4 is 17.8 Å². The number of hydrogen-bond acceptors (Lipinski definition) is 5. The molecule has 0 saturated carbocycles. The Morgan fingerprint density at radius 1 is 1.09 bits per heavy atom. The molecule has 1 aromatic rings. The molecule has 0 unspecified atom stereocenters. The summed E-state index contributed by atoms with van der Waals surface area (Å²) in [6.07, 6.45) is -0.171. The molecule has 0 fully saturated rings. The van der Waals surface area contributed by atoms with Gasteiger partial charge in [0.05, 0.1) is 27.2 Å². The van der Waals surface area contributed by atoms with Crippen molar-refractivity contribution in [3.05, 3.63) is 23.8 Å². The highest BCUT2D eigenvalue weighted by molar-refractivity contribution is 5.97. The van der Waals surface area contributed by atoms with Gasteiger partial charge >= 0.3 is 5.97 Å². The molecule has 0 aliphatic heterocycles. The van der Waals surface area contributed by atoms with Gasteiger partial charge in [-0.3, -0.25) is 14.4 Å². The first-order valence-electron chi connectivity index (χ1n) is 6.46. The number of rotatable bonds is 8. The van der Waals surface area contributed by atoms with E-state index in [1.807, 2.05) is 0 Å². The summed E-state index contributed by atoms with van der Waals surface area (Å²) in [6, 6.07) is 4.62.